The summed E-state index contributed by atoms with van der Waals surface area (Å²) in [6.07, 6.45) is 0.494. The van der Waals surface area contributed by atoms with Crippen LogP contribution in [0.2, 0.25) is 13.7 Å². The molecule has 0 bridgehead atoms. The van der Waals surface area contributed by atoms with Crippen LogP contribution in [-0.4, -0.2) is 50.6 Å². The first-order valence-electron chi connectivity index (χ1n) is 8.16. The van der Waals surface area contributed by atoms with E-state index in [1.807, 2.05) is 11.9 Å². The van der Waals surface area contributed by atoms with Crippen LogP contribution in [0.4, 0.5) is 0 Å². The number of esters is 1. The van der Waals surface area contributed by atoms with E-state index in [-0.39, 0.29) is 41.6 Å². The van der Waals surface area contributed by atoms with Gasteiger partial charge >= 0.3 is 5.97 Å². The summed E-state index contributed by atoms with van der Waals surface area (Å²) in [6.45, 7) is 1.46. The van der Waals surface area contributed by atoms with Crippen molar-refractivity contribution in [1.82, 2.24) is 4.90 Å². The Labute approximate surface area is 181 Å². The molecule has 6 nitrogen and oxygen atoms in total. The third-order valence-corrected chi connectivity index (χ3v) is 8.59. The highest BCUT2D eigenvalue weighted by Crippen LogP contribution is 2.43. The van der Waals surface area contributed by atoms with Gasteiger partial charge in [0.25, 0.3) is 0 Å². The molecule has 1 atom stereocenters. The molecule has 0 radical (unpaired) electrons. The van der Waals surface area contributed by atoms with Gasteiger partial charge in [-0.1, -0.05) is 40.9 Å². The van der Waals surface area contributed by atoms with Gasteiger partial charge in [0.05, 0.1) is 10.8 Å². The minimum absolute atomic E-state index is 0.0228. The molecule has 11 heteroatoms. The summed E-state index contributed by atoms with van der Waals surface area (Å²) in [4.78, 5) is 14.1. The number of carbonyl (C=O) groups is 1. The van der Waals surface area contributed by atoms with E-state index in [4.69, 9.17) is 39.5 Å². The lowest BCUT2D eigenvalue weighted by molar-refractivity contribution is 0.0324. The van der Waals surface area contributed by atoms with Gasteiger partial charge in [-0.05, 0) is 31.2 Å². The van der Waals surface area contributed by atoms with Crippen LogP contribution in [-0.2, 0) is 20.3 Å². The van der Waals surface area contributed by atoms with Crippen molar-refractivity contribution in [3.05, 3.63) is 43.0 Å². The first kappa shape index (κ1) is 21.7. The number of likely N-dealkylation sites (N-methyl/N-ethyl adjacent to an activating group) is 1. The number of nitrogens with zero attached hydrogens (tertiary/aromatic N) is 1. The molecule has 2 heterocycles. The van der Waals surface area contributed by atoms with Gasteiger partial charge in [-0.3, -0.25) is 0 Å². The standard InChI is InChI=1S/C17H16Cl3NO5S2/c1-21-5-4-10(7-21)26-17(23)11-3-2-9(6-12(11)22)8-28(24,25)14-13(18)15(19)27-16(14)20/h2-3,6,10,22H,4-5,7-8H2,1H3. The van der Waals surface area contributed by atoms with Gasteiger partial charge in [0.15, 0.2) is 9.84 Å². The zero-order valence-electron chi connectivity index (χ0n) is 14.6. The van der Waals surface area contributed by atoms with Crippen LogP contribution in [0.1, 0.15) is 22.3 Å². The van der Waals surface area contributed by atoms with Crippen molar-refractivity contribution in [2.75, 3.05) is 20.1 Å². The predicted octanol–water partition coefficient (Wildman–Crippen LogP) is 4.25. The molecule has 0 saturated carbocycles. The molecule has 1 aromatic carbocycles. The van der Waals surface area contributed by atoms with Gasteiger partial charge in [-0.25, -0.2) is 13.2 Å². The molecule has 1 unspecified atom stereocenters. The summed E-state index contributed by atoms with van der Waals surface area (Å²) >= 11 is 18.6. The first-order chi connectivity index (χ1) is 13.1. The minimum atomic E-state index is -3.90. The summed E-state index contributed by atoms with van der Waals surface area (Å²) in [6, 6.07) is 3.99. The summed E-state index contributed by atoms with van der Waals surface area (Å²) in [5.41, 5.74) is 0.245. The van der Waals surface area contributed by atoms with Gasteiger partial charge < -0.3 is 14.7 Å². The number of rotatable bonds is 5. The number of hydrogen-bond donors (Lipinski definition) is 1. The van der Waals surface area contributed by atoms with Crippen LogP contribution in [0.25, 0.3) is 0 Å². The van der Waals surface area contributed by atoms with E-state index in [9.17, 15) is 18.3 Å². The van der Waals surface area contributed by atoms with E-state index in [1.54, 1.807) is 0 Å². The highest BCUT2D eigenvalue weighted by molar-refractivity contribution is 7.91. The molecule has 152 valence electrons. The number of thiophene rings is 1. The van der Waals surface area contributed by atoms with Crippen molar-refractivity contribution >= 4 is 61.9 Å². The monoisotopic (exact) mass is 483 g/mol. The largest absolute Gasteiger partial charge is 0.507 e. The fourth-order valence-electron chi connectivity index (χ4n) is 2.94. The van der Waals surface area contributed by atoms with E-state index >= 15 is 0 Å². The highest BCUT2D eigenvalue weighted by Gasteiger charge is 2.28. The number of aromatic hydroxyl groups is 1. The SMILES string of the molecule is CN1CCC(OC(=O)c2ccc(CS(=O)(=O)c3c(Cl)sc(Cl)c3Cl)cc2O)C1. The van der Waals surface area contributed by atoms with Gasteiger partial charge in [0, 0.05) is 13.1 Å². The smallest absolute Gasteiger partial charge is 0.342 e. The third kappa shape index (κ3) is 4.58. The van der Waals surface area contributed by atoms with Crippen molar-refractivity contribution in [1.29, 1.82) is 0 Å². The molecule has 1 fully saturated rings. The molecular formula is C17H16Cl3NO5S2. The van der Waals surface area contributed by atoms with Crippen LogP contribution in [0.3, 0.4) is 0 Å². The number of phenols is 1. The Balaban J connectivity index is 1.77. The lowest BCUT2D eigenvalue weighted by Crippen LogP contribution is -2.22. The van der Waals surface area contributed by atoms with Crippen molar-refractivity contribution in [2.45, 2.75) is 23.2 Å². The minimum Gasteiger partial charge on any atom is -0.507 e. The van der Waals surface area contributed by atoms with Crippen LogP contribution >= 0.6 is 46.1 Å². The Morgan fingerprint density at radius 3 is 2.57 bits per heavy atom. The Morgan fingerprint density at radius 1 is 1.32 bits per heavy atom. The topological polar surface area (TPSA) is 83.9 Å². The van der Waals surface area contributed by atoms with Crippen LogP contribution in [0.5, 0.6) is 5.75 Å². The van der Waals surface area contributed by atoms with Crippen molar-refractivity contribution in [3.8, 4) is 5.75 Å². The maximum atomic E-state index is 12.6. The van der Waals surface area contributed by atoms with Crippen LogP contribution in [0, 0.1) is 0 Å². The van der Waals surface area contributed by atoms with Gasteiger partial charge in [-0.15, -0.1) is 11.3 Å². The summed E-state index contributed by atoms with van der Waals surface area (Å²) in [5.74, 6) is -1.47. The molecule has 1 aliphatic heterocycles. The van der Waals surface area contributed by atoms with Crippen molar-refractivity contribution in [3.63, 3.8) is 0 Å². The average Bonchev–Trinajstić information content (AvgIpc) is 3.09. The van der Waals surface area contributed by atoms with Crippen molar-refractivity contribution in [2.24, 2.45) is 0 Å². The number of hydrogen-bond acceptors (Lipinski definition) is 7. The number of ether oxygens (including phenoxy) is 1. The van der Waals surface area contributed by atoms with E-state index in [0.717, 1.165) is 24.3 Å². The second kappa shape index (κ2) is 8.38. The lowest BCUT2D eigenvalue weighted by atomic mass is 10.1. The lowest BCUT2D eigenvalue weighted by Gasteiger charge is -2.13. The molecule has 2 aromatic rings. The second-order valence-corrected chi connectivity index (χ2v) is 11.0. The van der Waals surface area contributed by atoms with E-state index < -0.39 is 21.6 Å². The summed E-state index contributed by atoms with van der Waals surface area (Å²) < 4.78 is 30.7. The number of likely N-dealkylation sites (tertiary alicyclic amines) is 1. The van der Waals surface area contributed by atoms with E-state index in [1.165, 1.54) is 18.2 Å². The van der Waals surface area contributed by atoms with Crippen LogP contribution in [0.15, 0.2) is 23.1 Å². The highest BCUT2D eigenvalue weighted by atomic mass is 35.5. The van der Waals surface area contributed by atoms with E-state index in [0.29, 0.717) is 6.54 Å². The molecule has 3 rings (SSSR count). The number of phenolic OH excluding ortho intramolecular Hbond substituents is 1. The summed E-state index contributed by atoms with van der Waals surface area (Å²) in [7, 11) is -1.97. The molecular weight excluding hydrogens is 469 g/mol. The first-order valence-corrected chi connectivity index (χ1v) is 11.8. The number of halogens is 3. The van der Waals surface area contributed by atoms with Gasteiger partial charge in [-0.2, -0.15) is 0 Å². The fraction of sp³-hybridized carbons (Fsp3) is 0.353. The maximum absolute atomic E-state index is 12.6. The zero-order valence-corrected chi connectivity index (χ0v) is 18.5. The average molecular weight is 485 g/mol. The Bertz CT molecular complexity index is 1020. The quantitative estimate of drug-likeness (QED) is 0.639. The van der Waals surface area contributed by atoms with Gasteiger partial charge in [0.2, 0.25) is 0 Å². The van der Waals surface area contributed by atoms with Gasteiger partial charge in [0.1, 0.15) is 31.0 Å². The van der Waals surface area contributed by atoms with Crippen LogP contribution < -0.4 is 0 Å². The molecule has 28 heavy (non-hydrogen) atoms. The molecule has 0 spiro atoms. The van der Waals surface area contributed by atoms with Crippen molar-refractivity contribution < 1.29 is 23.1 Å². The molecule has 0 aliphatic carbocycles. The second-order valence-electron chi connectivity index (χ2n) is 6.48. The number of carbonyl (C=O) groups excluding carboxylic acids is 1. The van der Waals surface area contributed by atoms with E-state index in [2.05, 4.69) is 0 Å². The molecule has 1 aliphatic rings. The third-order valence-electron chi connectivity index (χ3n) is 4.30. The Morgan fingerprint density at radius 2 is 2.04 bits per heavy atom. The molecule has 1 N–H and O–H groups in total. The predicted molar refractivity (Wildman–Crippen MR) is 110 cm³/mol. The molecule has 0 amide bonds. The zero-order chi connectivity index (χ0) is 20.6. The normalized spacial score (nSPS) is 17.8. The summed E-state index contributed by atoms with van der Waals surface area (Å²) in [5, 5.41) is 10.1. The molecule has 1 saturated heterocycles. The Kier molecular flexibility index (Phi) is 6.48. The fourth-order valence-corrected chi connectivity index (χ4v) is 7.28. The Hall–Kier alpha value is -1.03. The number of sulfone groups is 1. The number of benzene rings is 1. The molecule has 1 aromatic heterocycles. The maximum Gasteiger partial charge on any atom is 0.342 e.